The lowest BCUT2D eigenvalue weighted by atomic mass is 9.82. The van der Waals surface area contributed by atoms with Crippen LogP contribution in [0.2, 0.25) is 0 Å². The summed E-state index contributed by atoms with van der Waals surface area (Å²) in [5, 5.41) is 2.13. The molecule has 1 spiro atoms. The van der Waals surface area contributed by atoms with Gasteiger partial charge >= 0.3 is 0 Å². The molecule has 138 valence electrons. The normalized spacial score (nSPS) is 23.5. The van der Waals surface area contributed by atoms with Crippen molar-refractivity contribution in [2.45, 2.75) is 44.5 Å². The van der Waals surface area contributed by atoms with Gasteiger partial charge in [0.1, 0.15) is 6.61 Å². The van der Waals surface area contributed by atoms with Crippen LogP contribution in [-0.4, -0.2) is 52.0 Å². The molecular weight excluding hydrogens is 346 g/mol. The highest BCUT2D eigenvalue weighted by Crippen LogP contribution is 2.36. The number of likely N-dealkylation sites (tertiary alicyclic amines) is 1. The van der Waals surface area contributed by atoms with Crippen LogP contribution in [0.15, 0.2) is 42.0 Å². The lowest BCUT2D eigenvalue weighted by Crippen LogP contribution is -2.63. The van der Waals surface area contributed by atoms with Crippen LogP contribution in [0.25, 0.3) is 0 Å². The summed E-state index contributed by atoms with van der Waals surface area (Å²) in [6, 6.07) is 8.33. The Kier molecular flexibility index (Phi) is 5.07. The lowest BCUT2D eigenvalue weighted by Gasteiger charge is -2.51. The zero-order valence-corrected chi connectivity index (χ0v) is 16.0. The lowest BCUT2D eigenvalue weighted by molar-refractivity contribution is -0.188. The Bertz CT molecular complexity index is 727. The smallest absolute Gasteiger partial charge is 0.249 e. The second-order valence-corrected chi connectivity index (χ2v) is 8.30. The van der Waals surface area contributed by atoms with Crippen molar-refractivity contribution in [2.24, 2.45) is 0 Å². The van der Waals surface area contributed by atoms with Crippen LogP contribution < -0.4 is 0 Å². The third-order valence-corrected chi connectivity index (χ3v) is 6.63. The number of amides is 1. The van der Waals surface area contributed by atoms with Crippen LogP contribution in [0.3, 0.4) is 0 Å². The van der Waals surface area contributed by atoms with E-state index in [1.54, 1.807) is 6.20 Å². The molecule has 2 fully saturated rings. The third kappa shape index (κ3) is 3.54. The Labute approximate surface area is 158 Å². The average molecular weight is 372 g/mol. The fraction of sp³-hybridized carbons (Fsp3) is 0.500. The van der Waals surface area contributed by atoms with Crippen molar-refractivity contribution in [3.05, 3.63) is 52.5 Å². The summed E-state index contributed by atoms with van der Waals surface area (Å²) in [5.74, 6) is 0.0768. The van der Waals surface area contributed by atoms with Gasteiger partial charge in [-0.1, -0.05) is 12.1 Å². The molecule has 0 saturated carbocycles. The largest absolute Gasteiger partial charge is 0.363 e. The van der Waals surface area contributed by atoms with Crippen LogP contribution >= 0.6 is 11.3 Å². The van der Waals surface area contributed by atoms with Gasteiger partial charge in [0, 0.05) is 43.4 Å². The van der Waals surface area contributed by atoms with Gasteiger partial charge in [-0.25, -0.2) is 0 Å². The summed E-state index contributed by atoms with van der Waals surface area (Å²) in [6.07, 6.45) is 5.54. The molecule has 0 bridgehead atoms. The van der Waals surface area contributed by atoms with Crippen molar-refractivity contribution in [3.63, 3.8) is 0 Å². The number of rotatable bonds is 4. The Morgan fingerprint density at radius 1 is 1.27 bits per heavy atom. The molecule has 5 nitrogen and oxygen atoms in total. The molecule has 4 rings (SSSR count). The molecule has 0 unspecified atom stereocenters. The molecule has 2 aromatic heterocycles. The number of morpholine rings is 1. The summed E-state index contributed by atoms with van der Waals surface area (Å²) in [5.41, 5.74) is 0.849. The van der Waals surface area contributed by atoms with E-state index in [1.165, 1.54) is 4.88 Å². The van der Waals surface area contributed by atoms with Crippen LogP contribution in [0.4, 0.5) is 0 Å². The second-order valence-electron chi connectivity index (χ2n) is 7.27. The molecule has 1 atom stereocenters. The van der Waals surface area contributed by atoms with Gasteiger partial charge in [0.2, 0.25) is 5.91 Å². The number of nitrogens with zero attached hydrogens (tertiary/aromatic N) is 3. The number of aromatic nitrogens is 1. The van der Waals surface area contributed by atoms with E-state index < -0.39 is 0 Å². The van der Waals surface area contributed by atoms with Gasteiger partial charge in [-0.2, -0.15) is 0 Å². The van der Waals surface area contributed by atoms with E-state index in [2.05, 4.69) is 34.3 Å². The number of hydrogen-bond acceptors (Lipinski definition) is 5. The SMILES string of the molecule is C[C@H]1N(Cc2cccnc2)C(=O)COC12CCN(Cc1cccs1)CC2. The first-order valence-corrected chi connectivity index (χ1v) is 10.1. The molecule has 2 aliphatic rings. The summed E-state index contributed by atoms with van der Waals surface area (Å²) < 4.78 is 6.15. The summed E-state index contributed by atoms with van der Waals surface area (Å²) in [6.45, 7) is 5.98. The van der Waals surface area contributed by atoms with Gasteiger partial charge in [-0.15, -0.1) is 11.3 Å². The fourth-order valence-electron chi connectivity index (χ4n) is 4.10. The standard InChI is InChI=1S/C20H25N3O2S/c1-16-20(6-9-22(10-7-20)14-18-5-3-11-26-18)25-15-19(24)23(16)13-17-4-2-8-21-12-17/h2-5,8,11-12,16H,6-7,9-10,13-15H2,1H3/t16-/m1/s1. The van der Waals surface area contributed by atoms with Crippen molar-refractivity contribution in [1.29, 1.82) is 0 Å². The molecular formula is C20H25N3O2S. The Morgan fingerprint density at radius 3 is 2.81 bits per heavy atom. The molecule has 4 heterocycles. The molecule has 0 aromatic carbocycles. The van der Waals surface area contributed by atoms with E-state index in [0.29, 0.717) is 6.54 Å². The van der Waals surface area contributed by atoms with E-state index in [-0.39, 0.29) is 24.2 Å². The first kappa shape index (κ1) is 17.6. The van der Waals surface area contributed by atoms with Crippen LogP contribution in [0, 0.1) is 0 Å². The van der Waals surface area contributed by atoms with E-state index in [0.717, 1.165) is 38.0 Å². The Morgan fingerprint density at radius 2 is 2.12 bits per heavy atom. The minimum atomic E-state index is -0.220. The van der Waals surface area contributed by atoms with Crippen LogP contribution in [0.1, 0.15) is 30.2 Å². The van der Waals surface area contributed by atoms with Gasteiger partial charge in [0.25, 0.3) is 0 Å². The van der Waals surface area contributed by atoms with Crippen molar-refractivity contribution in [3.8, 4) is 0 Å². The van der Waals surface area contributed by atoms with Crippen molar-refractivity contribution >= 4 is 17.2 Å². The van der Waals surface area contributed by atoms with Gasteiger partial charge in [-0.05, 0) is 42.8 Å². The first-order chi connectivity index (χ1) is 12.7. The zero-order chi connectivity index (χ0) is 18.0. The highest BCUT2D eigenvalue weighted by Gasteiger charge is 2.47. The maximum Gasteiger partial charge on any atom is 0.249 e. The zero-order valence-electron chi connectivity index (χ0n) is 15.1. The minimum Gasteiger partial charge on any atom is -0.363 e. The molecule has 2 aliphatic heterocycles. The highest BCUT2D eigenvalue weighted by molar-refractivity contribution is 7.09. The molecule has 2 aromatic rings. The van der Waals surface area contributed by atoms with E-state index in [4.69, 9.17) is 4.74 Å². The average Bonchev–Trinajstić information content (AvgIpc) is 3.18. The molecule has 6 heteroatoms. The summed E-state index contributed by atoms with van der Waals surface area (Å²) >= 11 is 1.81. The number of thiophene rings is 1. The quantitative estimate of drug-likeness (QED) is 0.829. The monoisotopic (exact) mass is 371 g/mol. The number of piperidine rings is 1. The summed E-state index contributed by atoms with van der Waals surface area (Å²) in [7, 11) is 0. The van der Waals surface area contributed by atoms with Crippen molar-refractivity contribution in [2.75, 3.05) is 19.7 Å². The number of ether oxygens (including phenoxy) is 1. The van der Waals surface area contributed by atoms with Crippen molar-refractivity contribution < 1.29 is 9.53 Å². The van der Waals surface area contributed by atoms with Gasteiger partial charge in [0.15, 0.2) is 0 Å². The molecule has 1 amide bonds. The second kappa shape index (κ2) is 7.47. The first-order valence-electron chi connectivity index (χ1n) is 9.23. The number of hydrogen-bond donors (Lipinski definition) is 0. The van der Waals surface area contributed by atoms with E-state index >= 15 is 0 Å². The Balaban J connectivity index is 1.42. The van der Waals surface area contributed by atoms with Gasteiger partial charge in [0.05, 0.1) is 11.6 Å². The maximum atomic E-state index is 12.5. The number of carbonyl (C=O) groups excluding carboxylic acids is 1. The Hall–Kier alpha value is -1.76. The summed E-state index contributed by atoms with van der Waals surface area (Å²) in [4.78, 5) is 22.5. The van der Waals surface area contributed by atoms with Crippen molar-refractivity contribution in [1.82, 2.24) is 14.8 Å². The predicted molar refractivity (Wildman–Crippen MR) is 102 cm³/mol. The number of carbonyl (C=O) groups is 1. The van der Waals surface area contributed by atoms with Crippen LogP contribution in [-0.2, 0) is 22.6 Å². The molecule has 0 radical (unpaired) electrons. The molecule has 0 aliphatic carbocycles. The molecule has 0 N–H and O–H groups in total. The molecule has 26 heavy (non-hydrogen) atoms. The minimum absolute atomic E-state index is 0.0767. The number of pyridine rings is 1. The van der Waals surface area contributed by atoms with Gasteiger partial charge < -0.3 is 9.64 Å². The molecule has 2 saturated heterocycles. The highest BCUT2D eigenvalue weighted by atomic mass is 32.1. The topological polar surface area (TPSA) is 45.7 Å². The van der Waals surface area contributed by atoms with E-state index in [9.17, 15) is 4.79 Å². The maximum absolute atomic E-state index is 12.5. The van der Waals surface area contributed by atoms with Crippen LogP contribution in [0.5, 0.6) is 0 Å². The third-order valence-electron chi connectivity index (χ3n) is 5.77. The fourth-order valence-corrected chi connectivity index (χ4v) is 4.84. The van der Waals surface area contributed by atoms with E-state index in [1.807, 2.05) is 34.6 Å². The predicted octanol–water partition coefficient (Wildman–Crippen LogP) is 2.93. The van der Waals surface area contributed by atoms with Gasteiger partial charge in [-0.3, -0.25) is 14.7 Å².